The molecule has 8 rings (SSSR count). The number of hydrogen-bond acceptors (Lipinski definition) is 34. The minimum absolute atomic E-state index is 0.00627. The summed E-state index contributed by atoms with van der Waals surface area (Å²) in [6.07, 6.45) is -26.3. The number of primary amides is 2. The van der Waals surface area contributed by atoms with Crippen molar-refractivity contribution in [2.45, 2.75) is 207 Å². The lowest BCUT2D eigenvalue weighted by Crippen LogP contribution is -2.64. The van der Waals surface area contributed by atoms with E-state index < -0.39 is 165 Å². The minimum Gasteiger partial charge on any atom is -0.441 e. The van der Waals surface area contributed by atoms with Crippen molar-refractivity contribution < 1.29 is 151 Å². The number of Topliss-reactive ketones (excluding diaryl/α,β-unsaturated/α-hetero) is 3. The Balaban J connectivity index is 0.919. The first-order valence-corrected chi connectivity index (χ1v) is 36.3. The average Bonchev–Trinajstić information content (AvgIpc) is 1.48. The zero-order chi connectivity index (χ0) is 79.7. The van der Waals surface area contributed by atoms with Crippen LogP contribution in [0.1, 0.15) is 107 Å². The predicted octanol–water partition coefficient (Wildman–Crippen LogP) is -3.94. The summed E-state index contributed by atoms with van der Waals surface area (Å²) >= 11 is 0. The second kappa shape index (κ2) is 42.6. The van der Waals surface area contributed by atoms with E-state index in [1.54, 1.807) is 17.6 Å². The van der Waals surface area contributed by atoms with Gasteiger partial charge in [0.15, 0.2) is 42.5 Å². The number of hydrogen-bond donors (Lipinski definition) is 15. The van der Waals surface area contributed by atoms with Gasteiger partial charge in [-0.1, -0.05) is 25.1 Å². The summed E-state index contributed by atoms with van der Waals surface area (Å²) in [5, 5.41) is 102. The van der Waals surface area contributed by atoms with Crippen molar-refractivity contribution in [2.75, 3.05) is 92.4 Å². The normalized spacial score (nSPS) is 26.8. The fraction of sp³-hybridized carbons (Fsp3) is 0.671. The number of alkyl carbamates (subject to hydrolysis) is 1. The standard InChI is InChI=1S/C70H100N8O32/c1-2-70(43-32-45-52-39(31-38-7-3-4-10-44(38)75-52)33-78(45)62(94)42(43)11-12-49(70)85)110-68(97)74-20-16-51(87)76-69(17-13-40(83)8-5-22-98-25-28-101-63-57(91)53(77-104-37-82)54(88)46(34-79)105-63,18-14-41(84)9-6-23-99-26-29-102-64-58(92)60(108-66(71)95)55(89)47(35-80)106-64)19-15-50(86)73-21-24-100-27-30-103-65-59(93)61(109-67(72)96)56(90)48(36-81)107-65/h3-4,7,10,31-32,37,46-48,53-61,63-65,77,79-81,88-93H,2,5-6,8-9,11-30,33-36H2,1H3,(H2,71,95)(H2,72,96)(H,73,86)(H,74,97)(H,76,87)/t46-,47-,48-,53+,54-,55-,56-,57+,58+,59+,60+,61+,63+,64+,65+,69?,70+/m1/s1. The van der Waals surface area contributed by atoms with Gasteiger partial charge in [-0.3, -0.25) is 33.6 Å². The molecule has 17 atom stereocenters. The molecule has 0 radical (unpaired) electrons. The Hall–Kier alpha value is -7.95. The topological polar surface area (TPSA) is 591 Å². The second-order valence-corrected chi connectivity index (χ2v) is 26.9. The van der Waals surface area contributed by atoms with E-state index in [2.05, 4.69) is 26.3 Å². The number of pyridine rings is 2. The van der Waals surface area contributed by atoms with Gasteiger partial charge < -0.3 is 140 Å². The number of nitrogens with two attached hydrogens (primary N) is 2. The van der Waals surface area contributed by atoms with Crippen LogP contribution in [0.25, 0.3) is 22.3 Å². The number of carbonyl (C=O) groups excluding carboxylic acids is 9. The van der Waals surface area contributed by atoms with Crippen LogP contribution < -0.4 is 38.5 Å². The first-order chi connectivity index (χ1) is 52.8. The van der Waals surface area contributed by atoms with Gasteiger partial charge in [-0.25, -0.2) is 19.4 Å². The number of ketones is 3. The molecule has 1 aliphatic carbocycles. The maximum absolute atomic E-state index is 14.4. The van der Waals surface area contributed by atoms with E-state index >= 15 is 0 Å². The van der Waals surface area contributed by atoms with E-state index in [4.69, 9.17) is 73.3 Å². The molecule has 612 valence electrons. The van der Waals surface area contributed by atoms with Crippen molar-refractivity contribution in [3.05, 3.63) is 63.4 Å². The number of benzene rings is 1. The molecule has 5 amide bonds. The van der Waals surface area contributed by atoms with Crippen LogP contribution in [-0.2, 0) is 109 Å². The summed E-state index contributed by atoms with van der Waals surface area (Å²) in [5.41, 5.74) is 11.6. The predicted molar refractivity (Wildman–Crippen MR) is 372 cm³/mol. The number of carbonyl (C=O) groups is 9. The Morgan fingerprint density at radius 3 is 1.71 bits per heavy atom. The molecule has 2 aromatic heterocycles. The molecule has 6 heterocycles. The molecule has 3 fully saturated rings. The van der Waals surface area contributed by atoms with Crippen molar-refractivity contribution in [2.24, 2.45) is 11.5 Å². The van der Waals surface area contributed by atoms with Gasteiger partial charge in [0.2, 0.25) is 11.8 Å². The number of aliphatic hydroxyl groups is 9. The molecule has 0 spiro atoms. The number of para-hydroxylation sites is 1. The molecular weight excluding hydrogens is 1460 g/mol. The van der Waals surface area contributed by atoms with E-state index in [-0.39, 0.29) is 192 Å². The Morgan fingerprint density at radius 1 is 0.627 bits per heavy atom. The summed E-state index contributed by atoms with van der Waals surface area (Å²) in [4.78, 5) is 141. The zero-order valence-electron chi connectivity index (χ0n) is 60.7. The molecule has 17 N–H and O–H groups in total. The maximum Gasteiger partial charge on any atom is 0.408 e. The lowest BCUT2D eigenvalue weighted by molar-refractivity contribution is -0.301. The fourth-order valence-corrected chi connectivity index (χ4v) is 13.7. The van der Waals surface area contributed by atoms with Crippen LogP contribution in [0.3, 0.4) is 0 Å². The number of aromatic nitrogens is 2. The largest absolute Gasteiger partial charge is 0.441 e. The third kappa shape index (κ3) is 23.3. The molecule has 3 aromatic rings. The van der Waals surface area contributed by atoms with Crippen molar-refractivity contribution in [1.82, 2.24) is 31.0 Å². The molecule has 110 heavy (non-hydrogen) atoms. The lowest BCUT2D eigenvalue weighted by Gasteiger charge is -2.41. The number of nitrogens with zero attached hydrogens (tertiary/aromatic N) is 2. The molecule has 40 heteroatoms. The molecule has 1 aromatic carbocycles. The van der Waals surface area contributed by atoms with Crippen LogP contribution in [0.5, 0.6) is 0 Å². The van der Waals surface area contributed by atoms with Crippen LogP contribution in [0.15, 0.2) is 41.2 Å². The Morgan fingerprint density at radius 2 is 1.16 bits per heavy atom. The summed E-state index contributed by atoms with van der Waals surface area (Å²) in [5.74, 6) is -2.35. The number of rotatable bonds is 46. The molecule has 0 saturated carbocycles. The molecule has 1 unspecified atom stereocenters. The highest BCUT2D eigenvalue weighted by atomic mass is 16.7. The quantitative estimate of drug-likeness (QED) is 0.00869. The van der Waals surface area contributed by atoms with E-state index in [9.17, 15) is 93.9 Å². The lowest BCUT2D eigenvalue weighted by atomic mass is 9.76. The first-order valence-electron chi connectivity index (χ1n) is 36.3. The highest BCUT2D eigenvalue weighted by molar-refractivity contribution is 5.93. The van der Waals surface area contributed by atoms with E-state index in [0.717, 1.165) is 10.9 Å². The third-order valence-electron chi connectivity index (χ3n) is 19.5. The van der Waals surface area contributed by atoms with Gasteiger partial charge in [0.05, 0.1) is 89.5 Å². The highest BCUT2D eigenvalue weighted by Gasteiger charge is 2.51. The van der Waals surface area contributed by atoms with E-state index in [0.29, 0.717) is 22.5 Å². The van der Waals surface area contributed by atoms with Crippen LogP contribution in [0, 0.1) is 0 Å². The van der Waals surface area contributed by atoms with Gasteiger partial charge >= 0.3 is 24.8 Å². The van der Waals surface area contributed by atoms with Crippen LogP contribution in [0.4, 0.5) is 14.4 Å². The summed E-state index contributed by atoms with van der Waals surface area (Å²) < 4.78 is 67.2. The minimum atomic E-state index is -1.90. The van der Waals surface area contributed by atoms with E-state index in [1.165, 1.54) is 0 Å². The van der Waals surface area contributed by atoms with Gasteiger partial charge in [0, 0.05) is 98.9 Å². The van der Waals surface area contributed by atoms with Crippen molar-refractivity contribution in [1.29, 1.82) is 0 Å². The maximum atomic E-state index is 14.4. The van der Waals surface area contributed by atoms with Crippen molar-refractivity contribution in [3.8, 4) is 11.4 Å². The molecular formula is C70H100N8O32. The van der Waals surface area contributed by atoms with Crippen LogP contribution in [0.2, 0.25) is 0 Å². The van der Waals surface area contributed by atoms with E-state index in [1.807, 2.05) is 30.3 Å². The van der Waals surface area contributed by atoms with Gasteiger partial charge in [-0.05, 0) is 63.1 Å². The fourth-order valence-electron chi connectivity index (χ4n) is 13.7. The SMILES string of the molecule is CC[C@@]1(OC(=O)NCCC(=O)NC(CCC(=O)CCCOCCO[C@H]2O[C@H](CO)[C@@H](O)[C@H](NOC=O)[C@@H]2O)(CCC(=O)CCCOCCO[C@H]2O[C@H](CO)[C@@H](O)[C@H](OC(N)=O)[C@@H]2O)CCC(=O)NCCOCCO[C@H]2O[C@H](CO)[C@@H](O)[C@H](OC(N)=O)[C@@H]2O)C(=O)CCc2c1cc1n(c2=O)Cc2cc3ccccc3nc2-1. The summed E-state index contributed by atoms with van der Waals surface area (Å²) in [6.45, 7) is -1.70. The van der Waals surface area contributed by atoms with Gasteiger partial charge in [-0.15, -0.1) is 5.48 Å². The van der Waals surface area contributed by atoms with Gasteiger partial charge in [0.1, 0.15) is 72.5 Å². The number of ether oxygens (including phenoxy) is 12. The monoisotopic (exact) mass is 1560 g/mol. The molecule has 0 bridgehead atoms. The first kappa shape index (κ1) is 87.6. The van der Waals surface area contributed by atoms with Crippen molar-refractivity contribution in [3.63, 3.8) is 0 Å². The zero-order valence-corrected chi connectivity index (χ0v) is 60.7. The van der Waals surface area contributed by atoms with Crippen molar-refractivity contribution >= 4 is 64.8 Å². The van der Waals surface area contributed by atoms with Gasteiger partial charge in [-0.2, -0.15) is 0 Å². The average molecular weight is 1570 g/mol. The number of aliphatic hydroxyl groups excluding tert-OH is 9. The second-order valence-electron chi connectivity index (χ2n) is 26.9. The smallest absolute Gasteiger partial charge is 0.408 e. The molecule has 4 aliphatic heterocycles. The highest BCUT2D eigenvalue weighted by Crippen LogP contribution is 2.42. The van der Waals surface area contributed by atoms with Crippen LogP contribution >= 0.6 is 0 Å². The number of nitrogens with one attached hydrogen (secondary N) is 4. The van der Waals surface area contributed by atoms with Gasteiger partial charge in [0.25, 0.3) is 5.56 Å². The number of fused-ring (bicyclic) bond motifs is 5. The molecule has 3 saturated heterocycles. The van der Waals surface area contributed by atoms with Crippen LogP contribution in [-0.4, -0.2) is 299 Å². The Bertz CT molecular complexity index is 3570. The molecule has 5 aliphatic rings. The molecule has 40 nitrogen and oxygen atoms in total. The number of amides is 5. The summed E-state index contributed by atoms with van der Waals surface area (Å²) in [7, 11) is 0. The Labute approximate surface area is 629 Å². The third-order valence-corrected chi connectivity index (χ3v) is 19.5. The summed E-state index contributed by atoms with van der Waals surface area (Å²) in [6, 6.07) is 9.81. The number of hydroxylamine groups is 1. The Kier molecular flexibility index (Phi) is 34.0.